The number of ether oxygens (including phenoxy) is 1. The lowest BCUT2D eigenvalue weighted by Crippen LogP contribution is -2.46. The summed E-state index contributed by atoms with van der Waals surface area (Å²) >= 11 is 0. The lowest BCUT2D eigenvalue weighted by molar-refractivity contribution is -0.00550. The Balaban J connectivity index is 2.18. The first-order valence-corrected chi connectivity index (χ1v) is 7.20. The average Bonchev–Trinajstić information content (AvgIpc) is 2.38. The Labute approximate surface area is 116 Å². The van der Waals surface area contributed by atoms with Crippen molar-refractivity contribution in [1.82, 2.24) is 4.98 Å². The summed E-state index contributed by atoms with van der Waals surface area (Å²) < 4.78 is 5.79. The molecule has 1 aromatic heterocycles. The Kier molecular flexibility index (Phi) is 4.77. The Morgan fingerprint density at radius 1 is 1.42 bits per heavy atom. The zero-order valence-electron chi connectivity index (χ0n) is 12.2. The van der Waals surface area contributed by atoms with E-state index in [4.69, 9.17) is 10.5 Å². The van der Waals surface area contributed by atoms with Gasteiger partial charge in [0.25, 0.3) is 0 Å². The van der Waals surface area contributed by atoms with Crippen LogP contribution < -0.4 is 10.6 Å². The van der Waals surface area contributed by atoms with Crippen molar-refractivity contribution in [2.24, 2.45) is 5.73 Å². The van der Waals surface area contributed by atoms with E-state index in [9.17, 15) is 0 Å². The zero-order valence-corrected chi connectivity index (χ0v) is 12.2. The number of anilines is 1. The van der Waals surface area contributed by atoms with Crippen LogP contribution in [0.25, 0.3) is 0 Å². The van der Waals surface area contributed by atoms with Gasteiger partial charge in [-0.2, -0.15) is 0 Å². The normalized spacial score (nSPS) is 25.4. The van der Waals surface area contributed by atoms with Crippen LogP contribution in [0.15, 0.2) is 18.3 Å². The fourth-order valence-corrected chi connectivity index (χ4v) is 2.65. The molecule has 2 heterocycles. The Morgan fingerprint density at radius 2 is 2.11 bits per heavy atom. The number of nitrogens with zero attached hydrogens (tertiary/aromatic N) is 2. The van der Waals surface area contributed by atoms with Crippen molar-refractivity contribution < 1.29 is 4.74 Å². The molecule has 1 aliphatic heterocycles. The fourth-order valence-electron chi connectivity index (χ4n) is 2.65. The molecule has 2 rings (SSSR count). The van der Waals surface area contributed by atoms with Crippen molar-refractivity contribution in [3.8, 4) is 0 Å². The number of hydrogen-bond donors (Lipinski definition) is 1. The smallest absolute Gasteiger partial charge is 0.131 e. The van der Waals surface area contributed by atoms with E-state index in [1.807, 2.05) is 12.3 Å². The second-order valence-corrected chi connectivity index (χ2v) is 5.52. The molecule has 0 aromatic carbocycles. The fraction of sp³-hybridized carbons (Fsp3) is 0.667. The van der Waals surface area contributed by atoms with Crippen LogP contribution in [0.3, 0.4) is 0 Å². The number of aromatic nitrogens is 1. The molecule has 0 amide bonds. The molecule has 106 valence electrons. The van der Waals surface area contributed by atoms with Gasteiger partial charge in [-0.1, -0.05) is 13.0 Å². The molecule has 4 heteroatoms. The summed E-state index contributed by atoms with van der Waals surface area (Å²) in [6.07, 6.45) is 4.24. The van der Waals surface area contributed by atoms with Gasteiger partial charge in [0.05, 0.1) is 12.2 Å². The maximum Gasteiger partial charge on any atom is 0.131 e. The summed E-state index contributed by atoms with van der Waals surface area (Å²) in [6, 6.07) is 4.34. The highest BCUT2D eigenvalue weighted by molar-refractivity contribution is 5.47. The zero-order chi connectivity index (χ0) is 13.8. The minimum Gasteiger partial charge on any atom is -0.372 e. The summed E-state index contributed by atoms with van der Waals surface area (Å²) in [6.45, 7) is 8.15. The van der Waals surface area contributed by atoms with Crippen molar-refractivity contribution in [2.75, 3.05) is 18.0 Å². The summed E-state index contributed by atoms with van der Waals surface area (Å²) in [5.74, 6) is 1.08. The van der Waals surface area contributed by atoms with E-state index in [0.717, 1.165) is 31.7 Å². The molecule has 1 aliphatic rings. The minimum atomic E-state index is 0.207. The molecular formula is C15H25N3O. The number of rotatable bonds is 4. The van der Waals surface area contributed by atoms with Crippen LogP contribution in [0.2, 0.25) is 0 Å². The van der Waals surface area contributed by atoms with Gasteiger partial charge in [-0.25, -0.2) is 4.98 Å². The number of hydrogen-bond acceptors (Lipinski definition) is 4. The lowest BCUT2D eigenvalue weighted by atomic mass is 10.0. The van der Waals surface area contributed by atoms with Crippen LogP contribution >= 0.6 is 0 Å². The lowest BCUT2D eigenvalue weighted by Gasteiger charge is -2.37. The number of pyridine rings is 1. The van der Waals surface area contributed by atoms with Gasteiger partial charge >= 0.3 is 0 Å². The number of nitrogens with two attached hydrogens (primary N) is 1. The van der Waals surface area contributed by atoms with E-state index >= 15 is 0 Å². The molecule has 0 radical (unpaired) electrons. The van der Waals surface area contributed by atoms with Crippen LogP contribution in [-0.4, -0.2) is 36.3 Å². The van der Waals surface area contributed by atoms with E-state index in [1.54, 1.807) is 0 Å². The highest BCUT2D eigenvalue weighted by Gasteiger charge is 2.24. The Morgan fingerprint density at radius 3 is 2.74 bits per heavy atom. The van der Waals surface area contributed by atoms with Gasteiger partial charge < -0.3 is 15.4 Å². The molecule has 1 fully saturated rings. The summed E-state index contributed by atoms with van der Waals surface area (Å²) in [7, 11) is 0. The molecule has 0 bridgehead atoms. The molecule has 0 aliphatic carbocycles. The van der Waals surface area contributed by atoms with Crippen LogP contribution in [0.1, 0.15) is 32.8 Å². The molecule has 4 nitrogen and oxygen atoms in total. The first-order chi connectivity index (χ1) is 9.10. The highest BCUT2D eigenvalue weighted by Crippen LogP contribution is 2.23. The third kappa shape index (κ3) is 3.67. The average molecular weight is 263 g/mol. The second kappa shape index (κ2) is 6.35. The second-order valence-electron chi connectivity index (χ2n) is 5.52. The standard InChI is InChI=1S/C15H25N3O/c1-4-14(16)8-13-6-5-7-17-15(13)18-9-11(2)19-12(3)10-18/h5-7,11-12,14H,4,8-10,16H2,1-3H3. The first-order valence-electron chi connectivity index (χ1n) is 7.20. The van der Waals surface area contributed by atoms with Crippen molar-refractivity contribution in [3.05, 3.63) is 23.9 Å². The van der Waals surface area contributed by atoms with E-state index in [1.165, 1.54) is 5.56 Å². The largest absolute Gasteiger partial charge is 0.372 e. The third-order valence-corrected chi connectivity index (χ3v) is 3.59. The molecule has 1 saturated heterocycles. The van der Waals surface area contributed by atoms with Crippen LogP contribution in [0.5, 0.6) is 0 Å². The van der Waals surface area contributed by atoms with Crippen molar-refractivity contribution in [1.29, 1.82) is 0 Å². The summed E-state index contributed by atoms with van der Waals surface area (Å²) in [4.78, 5) is 6.90. The molecule has 1 aromatic rings. The van der Waals surface area contributed by atoms with E-state index in [2.05, 4.69) is 36.7 Å². The van der Waals surface area contributed by atoms with Crippen LogP contribution in [0, 0.1) is 0 Å². The predicted molar refractivity (Wildman–Crippen MR) is 78.4 cm³/mol. The van der Waals surface area contributed by atoms with Gasteiger partial charge in [-0.3, -0.25) is 0 Å². The molecule has 0 saturated carbocycles. The van der Waals surface area contributed by atoms with Gasteiger partial charge in [0.2, 0.25) is 0 Å². The summed E-state index contributed by atoms with van der Waals surface area (Å²) in [5.41, 5.74) is 7.34. The van der Waals surface area contributed by atoms with Gasteiger partial charge in [-0.15, -0.1) is 0 Å². The van der Waals surface area contributed by atoms with Crippen molar-refractivity contribution in [3.63, 3.8) is 0 Å². The maximum atomic E-state index is 6.09. The molecular weight excluding hydrogens is 238 g/mol. The molecule has 3 atom stereocenters. The summed E-state index contributed by atoms with van der Waals surface area (Å²) in [5, 5.41) is 0. The quantitative estimate of drug-likeness (QED) is 0.902. The highest BCUT2D eigenvalue weighted by atomic mass is 16.5. The maximum absolute atomic E-state index is 6.09. The predicted octanol–water partition coefficient (Wildman–Crippen LogP) is 1.97. The van der Waals surface area contributed by atoms with Crippen molar-refractivity contribution in [2.45, 2.75) is 51.9 Å². The minimum absolute atomic E-state index is 0.207. The first kappa shape index (κ1) is 14.3. The Hall–Kier alpha value is -1.13. The van der Waals surface area contributed by atoms with Gasteiger partial charge in [-0.05, 0) is 38.3 Å². The molecule has 3 unspecified atom stereocenters. The van der Waals surface area contributed by atoms with Crippen LogP contribution in [0.4, 0.5) is 5.82 Å². The van der Waals surface area contributed by atoms with E-state index < -0.39 is 0 Å². The van der Waals surface area contributed by atoms with Gasteiger partial charge in [0, 0.05) is 25.3 Å². The third-order valence-electron chi connectivity index (χ3n) is 3.59. The van der Waals surface area contributed by atoms with E-state index in [0.29, 0.717) is 0 Å². The Bertz CT molecular complexity index is 400. The molecule has 0 spiro atoms. The van der Waals surface area contributed by atoms with Gasteiger partial charge in [0.1, 0.15) is 5.82 Å². The van der Waals surface area contributed by atoms with Crippen molar-refractivity contribution >= 4 is 5.82 Å². The molecule has 2 N–H and O–H groups in total. The van der Waals surface area contributed by atoms with Crippen LogP contribution in [-0.2, 0) is 11.2 Å². The monoisotopic (exact) mass is 263 g/mol. The number of morpholine rings is 1. The SMILES string of the molecule is CCC(N)Cc1cccnc1N1CC(C)OC(C)C1. The topological polar surface area (TPSA) is 51.4 Å². The van der Waals surface area contributed by atoms with Gasteiger partial charge in [0.15, 0.2) is 0 Å². The van der Waals surface area contributed by atoms with E-state index in [-0.39, 0.29) is 18.2 Å². The molecule has 19 heavy (non-hydrogen) atoms.